The Hall–Kier alpha value is -1.12. The molecule has 1 N–H and O–H groups in total. The van der Waals surface area contributed by atoms with Crippen molar-refractivity contribution in [3.05, 3.63) is 11.3 Å². The van der Waals surface area contributed by atoms with E-state index in [1.54, 1.807) is 0 Å². The quantitative estimate of drug-likeness (QED) is 0.696. The van der Waals surface area contributed by atoms with Gasteiger partial charge in [0.15, 0.2) is 5.78 Å². The van der Waals surface area contributed by atoms with Crippen molar-refractivity contribution < 1.29 is 4.79 Å². The van der Waals surface area contributed by atoms with Crippen LogP contribution in [0.1, 0.15) is 45.4 Å². The van der Waals surface area contributed by atoms with Gasteiger partial charge in [-0.15, -0.1) is 0 Å². The van der Waals surface area contributed by atoms with Gasteiger partial charge < -0.3 is 5.32 Å². The minimum atomic E-state index is 0.272. The molecule has 0 aromatic carbocycles. The lowest BCUT2D eigenvalue weighted by atomic mass is 9.86. The second kappa shape index (κ2) is 4.28. The summed E-state index contributed by atoms with van der Waals surface area (Å²) >= 11 is 0. The first kappa shape index (κ1) is 11.0. The Bertz CT molecular complexity index is 397. The highest BCUT2D eigenvalue weighted by atomic mass is 16.1. The van der Waals surface area contributed by atoms with E-state index in [1.807, 2.05) is 6.21 Å². The summed E-state index contributed by atoms with van der Waals surface area (Å²) in [5, 5.41) is 3.61. The molecule has 2 aliphatic carbocycles. The van der Waals surface area contributed by atoms with Crippen LogP contribution in [0.25, 0.3) is 0 Å². The summed E-state index contributed by atoms with van der Waals surface area (Å²) in [7, 11) is 0. The number of aliphatic imine (C=N–C) groups is 1. The maximum atomic E-state index is 12.0. The molecular formula is C14H20N2O. The second-order valence-electron chi connectivity index (χ2n) is 5.71. The lowest BCUT2D eigenvalue weighted by Gasteiger charge is -2.31. The molecule has 92 valence electrons. The van der Waals surface area contributed by atoms with Gasteiger partial charge in [0.25, 0.3) is 0 Å². The van der Waals surface area contributed by atoms with Gasteiger partial charge in [0, 0.05) is 24.4 Å². The van der Waals surface area contributed by atoms with Crippen molar-refractivity contribution in [3.63, 3.8) is 0 Å². The van der Waals surface area contributed by atoms with Crippen LogP contribution in [0.4, 0.5) is 0 Å². The van der Waals surface area contributed by atoms with Crippen LogP contribution in [0.5, 0.6) is 0 Å². The number of fused-ring (bicyclic) bond motifs is 1. The fraction of sp³-hybridized carbons (Fsp3) is 0.714. The molecule has 0 aromatic heterocycles. The first-order valence-electron chi connectivity index (χ1n) is 6.80. The zero-order chi connectivity index (χ0) is 11.8. The predicted octanol–water partition coefficient (Wildman–Crippen LogP) is 2.22. The zero-order valence-corrected chi connectivity index (χ0v) is 10.4. The number of Topliss-reactive ketones (excluding diaryl/α,β-unsaturated/α-hetero) is 1. The van der Waals surface area contributed by atoms with Crippen LogP contribution in [-0.4, -0.2) is 24.1 Å². The average Bonchev–Trinajstić information content (AvgIpc) is 2.47. The third-order valence-electron chi connectivity index (χ3n) is 4.20. The van der Waals surface area contributed by atoms with Crippen molar-refractivity contribution >= 4 is 12.0 Å². The number of nitrogens with one attached hydrogen (secondary N) is 1. The third-order valence-corrected chi connectivity index (χ3v) is 4.20. The minimum absolute atomic E-state index is 0.272. The van der Waals surface area contributed by atoms with Crippen molar-refractivity contribution in [1.29, 1.82) is 0 Å². The lowest BCUT2D eigenvalue weighted by Crippen LogP contribution is -2.41. The molecule has 0 aromatic rings. The normalized spacial score (nSPS) is 37.0. The van der Waals surface area contributed by atoms with E-state index in [4.69, 9.17) is 0 Å². The minimum Gasteiger partial charge on any atom is -0.383 e. The van der Waals surface area contributed by atoms with Gasteiger partial charge in [-0.05, 0) is 25.2 Å². The summed E-state index contributed by atoms with van der Waals surface area (Å²) in [5.41, 5.74) is 2.02. The van der Waals surface area contributed by atoms with Gasteiger partial charge in [-0.1, -0.05) is 19.8 Å². The fourth-order valence-corrected chi connectivity index (χ4v) is 3.26. The number of rotatable bonds is 0. The Labute approximate surface area is 102 Å². The highest BCUT2D eigenvalue weighted by Crippen LogP contribution is 2.30. The topological polar surface area (TPSA) is 41.5 Å². The highest BCUT2D eigenvalue weighted by Gasteiger charge is 2.31. The standard InChI is InChI=1S/C14H20N2O/c1-9-6-13-10(14(17)7-9)8-15-11-4-2-3-5-12(11)16-13/h8-9,11-12,16H,2-7H2,1H3. The molecule has 0 radical (unpaired) electrons. The first-order valence-corrected chi connectivity index (χ1v) is 6.80. The average molecular weight is 232 g/mol. The number of hydrogen-bond acceptors (Lipinski definition) is 3. The van der Waals surface area contributed by atoms with Gasteiger partial charge in [-0.2, -0.15) is 0 Å². The van der Waals surface area contributed by atoms with Gasteiger partial charge in [-0.3, -0.25) is 9.79 Å². The molecule has 0 amide bonds. The summed E-state index contributed by atoms with van der Waals surface area (Å²) in [6.07, 6.45) is 8.47. The van der Waals surface area contributed by atoms with E-state index < -0.39 is 0 Å². The van der Waals surface area contributed by atoms with Crippen LogP contribution in [0.3, 0.4) is 0 Å². The number of carbonyl (C=O) groups is 1. The molecule has 1 saturated carbocycles. The molecule has 3 aliphatic rings. The molecule has 3 unspecified atom stereocenters. The summed E-state index contributed by atoms with van der Waals surface area (Å²) in [4.78, 5) is 16.6. The number of ketones is 1. The van der Waals surface area contributed by atoms with Crippen molar-refractivity contribution in [2.45, 2.75) is 57.5 Å². The maximum absolute atomic E-state index is 12.0. The predicted molar refractivity (Wildman–Crippen MR) is 68.1 cm³/mol. The summed E-state index contributed by atoms with van der Waals surface area (Å²) in [6.45, 7) is 2.16. The molecule has 3 heteroatoms. The summed E-state index contributed by atoms with van der Waals surface area (Å²) < 4.78 is 0. The van der Waals surface area contributed by atoms with Gasteiger partial charge >= 0.3 is 0 Å². The van der Waals surface area contributed by atoms with Crippen LogP contribution >= 0.6 is 0 Å². The Morgan fingerprint density at radius 3 is 3.00 bits per heavy atom. The molecule has 3 atom stereocenters. The van der Waals surface area contributed by atoms with E-state index >= 15 is 0 Å². The van der Waals surface area contributed by atoms with Crippen LogP contribution in [-0.2, 0) is 4.79 Å². The van der Waals surface area contributed by atoms with E-state index in [0.717, 1.165) is 17.7 Å². The molecule has 1 aliphatic heterocycles. The Morgan fingerprint density at radius 1 is 1.29 bits per heavy atom. The van der Waals surface area contributed by atoms with E-state index in [2.05, 4.69) is 17.2 Å². The fourth-order valence-electron chi connectivity index (χ4n) is 3.26. The maximum Gasteiger partial charge on any atom is 0.166 e. The van der Waals surface area contributed by atoms with Crippen molar-refractivity contribution in [1.82, 2.24) is 5.32 Å². The van der Waals surface area contributed by atoms with Crippen molar-refractivity contribution in [2.75, 3.05) is 0 Å². The molecule has 1 fully saturated rings. The van der Waals surface area contributed by atoms with Crippen LogP contribution in [0.2, 0.25) is 0 Å². The number of nitrogens with zero attached hydrogens (tertiary/aromatic N) is 1. The number of allylic oxidation sites excluding steroid dienone is 2. The van der Waals surface area contributed by atoms with E-state index in [1.165, 1.54) is 25.7 Å². The monoisotopic (exact) mass is 232 g/mol. The number of carbonyl (C=O) groups excluding carboxylic acids is 1. The number of hydrogen-bond donors (Lipinski definition) is 1. The van der Waals surface area contributed by atoms with Crippen LogP contribution < -0.4 is 5.32 Å². The molecular weight excluding hydrogens is 212 g/mol. The van der Waals surface area contributed by atoms with Crippen LogP contribution in [0.15, 0.2) is 16.3 Å². The van der Waals surface area contributed by atoms with Gasteiger partial charge in [0.2, 0.25) is 0 Å². The summed E-state index contributed by atoms with van der Waals surface area (Å²) in [6, 6.07) is 0.850. The molecule has 0 bridgehead atoms. The smallest absolute Gasteiger partial charge is 0.166 e. The molecule has 3 nitrogen and oxygen atoms in total. The van der Waals surface area contributed by atoms with Crippen molar-refractivity contribution in [2.24, 2.45) is 10.9 Å². The Balaban J connectivity index is 1.90. The Morgan fingerprint density at radius 2 is 2.12 bits per heavy atom. The summed E-state index contributed by atoms with van der Waals surface area (Å²) in [5.74, 6) is 0.746. The van der Waals surface area contributed by atoms with Crippen LogP contribution in [0, 0.1) is 5.92 Å². The largest absolute Gasteiger partial charge is 0.383 e. The zero-order valence-electron chi connectivity index (χ0n) is 10.4. The molecule has 0 spiro atoms. The molecule has 17 heavy (non-hydrogen) atoms. The SMILES string of the molecule is CC1CC(=O)C2=C(C1)NC1CCCCC1N=C2. The van der Waals surface area contributed by atoms with Crippen molar-refractivity contribution in [3.8, 4) is 0 Å². The molecule has 0 saturated heterocycles. The lowest BCUT2D eigenvalue weighted by molar-refractivity contribution is -0.116. The van der Waals surface area contributed by atoms with E-state index in [-0.39, 0.29) is 5.78 Å². The van der Waals surface area contributed by atoms with E-state index in [9.17, 15) is 4.79 Å². The molecule has 1 heterocycles. The highest BCUT2D eigenvalue weighted by molar-refractivity contribution is 6.14. The van der Waals surface area contributed by atoms with Gasteiger partial charge in [-0.25, -0.2) is 0 Å². The van der Waals surface area contributed by atoms with Gasteiger partial charge in [0.1, 0.15) is 0 Å². The second-order valence-corrected chi connectivity index (χ2v) is 5.71. The third kappa shape index (κ3) is 2.03. The Kier molecular flexibility index (Phi) is 2.77. The van der Waals surface area contributed by atoms with Gasteiger partial charge in [0.05, 0.1) is 11.6 Å². The molecule has 3 rings (SSSR count). The first-order chi connectivity index (χ1) is 8.24. The van der Waals surface area contributed by atoms with E-state index in [0.29, 0.717) is 24.4 Å².